The molecule has 0 aliphatic rings. The maximum Gasteiger partial charge on any atom is 0.119 e. The van der Waals surface area contributed by atoms with E-state index in [9.17, 15) is 0 Å². The fraction of sp³-hybridized carbons (Fsp3) is 0.600. The fourth-order valence-corrected chi connectivity index (χ4v) is 2.27. The average Bonchev–Trinajstić information content (AvgIpc) is 2.42. The van der Waals surface area contributed by atoms with Gasteiger partial charge in [-0.15, -0.1) is 0 Å². The molecule has 1 aromatic carbocycles. The summed E-state index contributed by atoms with van der Waals surface area (Å²) in [7, 11) is 0. The number of halogens is 1. The van der Waals surface area contributed by atoms with Gasteiger partial charge >= 0.3 is 0 Å². The molecule has 0 fully saturated rings. The summed E-state index contributed by atoms with van der Waals surface area (Å²) in [6.45, 7) is 3.00. The molecule has 0 heterocycles. The van der Waals surface area contributed by atoms with Gasteiger partial charge in [-0.2, -0.15) is 0 Å². The molecule has 0 bridgehead atoms. The molecule has 0 saturated carbocycles. The van der Waals surface area contributed by atoms with E-state index in [1.165, 1.54) is 30.1 Å². The van der Waals surface area contributed by atoms with Crippen LogP contribution in [0, 0.1) is 0 Å². The van der Waals surface area contributed by atoms with Crippen LogP contribution in [0.3, 0.4) is 0 Å². The Balaban J connectivity index is 1.82. The third kappa shape index (κ3) is 8.75. The maximum atomic E-state index is 5.62. The number of hydrogen-bond donors (Lipinski definition) is 1. The molecule has 0 aliphatic carbocycles. The minimum atomic E-state index is 0.797. The van der Waals surface area contributed by atoms with Crippen LogP contribution in [0.5, 0.6) is 5.75 Å². The summed E-state index contributed by atoms with van der Waals surface area (Å²) in [6, 6.07) is 10.0. The number of unbranched alkanes of at least 4 members (excludes halogenated alkanes) is 3. The highest BCUT2D eigenvalue weighted by atomic mass is 127. The van der Waals surface area contributed by atoms with Crippen molar-refractivity contribution in [2.75, 3.05) is 24.1 Å². The van der Waals surface area contributed by atoms with Crippen LogP contribution in [0.1, 0.15) is 32.1 Å². The first kappa shape index (κ1) is 15.8. The Hall–Kier alpha value is -0.290. The van der Waals surface area contributed by atoms with E-state index in [1.54, 1.807) is 0 Å². The van der Waals surface area contributed by atoms with Crippen molar-refractivity contribution in [3.05, 3.63) is 30.3 Å². The van der Waals surface area contributed by atoms with Gasteiger partial charge in [0.2, 0.25) is 0 Å². The van der Waals surface area contributed by atoms with Crippen LogP contribution in [0.15, 0.2) is 30.3 Å². The predicted molar refractivity (Wildman–Crippen MR) is 86.8 cm³/mol. The Morgan fingerprint density at radius 3 is 2.39 bits per heavy atom. The number of benzene rings is 1. The van der Waals surface area contributed by atoms with Crippen molar-refractivity contribution < 1.29 is 4.74 Å². The van der Waals surface area contributed by atoms with Crippen molar-refractivity contribution in [2.24, 2.45) is 0 Å². The molecular weight excluding hydrogens is 337 g/mol. The van der Waals surface area contributed by atoms with E-state index < -0.39 is 0 Å². The van der Waals surface area contributed by atoms with E-state index in [1.807, 2.05) is 30.3 Å². The average molecular weight is 361 g/mol. The van der Waals surface area contributed by atoms with E-state index in [4.69, 9.17) is 4.74 Å². The molecule has 1 aromatic rings. The van der Waals surface area contributed by atoms with E-state index in [0.717, 1.165) is 31.9 Å². The lowest BCUT2D eigenvalue weighted by Crippen LogP contribution is -2.18. The summed E-state index contributed by atoms with van der Waals surface area (Å²) in [5.74, 6) is 0.969. The number of para-hydroxylation sites is 1. The van der Waals surface area contributed by atoms with Crippen molar-refractivity contribution in [3.63, 3.8) is 0 Å². The summed E-state index contributed by atoms with van der Waals surface area (Å²) < 4.78 is 6.92. The van der Waals surface area contributed by atoms with Crippen molar-refractivity contribution in [1.82, 2.24) is 5.32 Å². The lowest BCUT2D eigenvalue weighted by molar-refractivity contribution is 0.308. The van der Waals surface area contributed by atoms with Gasteiger partial charge in [-0.25, -0.2) is 0 Å². The second-order valence-electron chi connectivity index (χ2n) is 4.37. The Kier molecular flexibility index (Phi) is 10.3. The van der Waals surface area contributed by atoms with Crippen LogP contribution >= 0.6 is 22.6 Å². The minimum absolute atomic E-state index is 0.797. The topological polar surface area (TPSA) is 21.3 Å². The smallest absolute Gasteiger partial charge is 0.119 e. The van der Waals surface area contributed by atoms with Crippen molar-refractivity contribution >= 4 is 22.6 Å². The molecule has 0 unspecified atom stereocenters. The lowest BCUT2D eigenvalue weighted by Gasteiger charge is -2.07. The zero-order valence-corrected chi connectivity index (χ0v) is 13.2. The first-order valence-corrected chi connectivity index (χ1v) is 8.40. The molecule has 0 amide bonds. The van der Waals surface area contributed by atoms with E-state index in [-0.39, 0.29) is 0 Å². The van der Waals surface area contributed by atoms with Crippen LogP contribution in [0.25, 0.3) is 0 Å². The molecule has 0 atom stereocenters. The molecular formula is C15H24INO. The lowest BCUT2D eigenvalue weighted by atomic mass is 10.2. The number of rotatable bonds is 11. The molecule has 0 aliphatic heterocycles. The Bertz CT molecular complexity index is 279. The predicted octanol–water partition coefficient (Wildman–Crippen LogP) is 4.04. The van der Waals surface area contributed by atoms with Crippen LogP contribution in [-0.4, -0.2) is 24.1 Å². The molecule has 102 valence electrons. The summed E-state index contributed by atoms with van der Waals surface area (Å²) in [5.41, 5.74) is 0. The Labute approximate surface area is 125 Å². The third-order valence-electron chi connectivity index (χ3n) is 2.75. The minimum Gasteiger partial charge on any atom is -0.494 e. The molecule has 18 heavy (non-hydrogen) atoms. The monoisotopic (exact) mass is 361 g/mol. The number of nitrogens with one attached hydrogen (secondary N) is 1. The summed E-state index contributed by atoms with van der Waals surface area (Å²) in [4.78, 5) is 0. The molecule has 0 aromatic heterocycles. The van der Waals surface area contributed by atoms with Crippen LogP contribution < -0.4 is 10.1 Å². The molecule has 3 heteroatoms. The summed E-state index contributed by atoms with van der Waals surface area (Å²) in [6.07, 6.45) is 6.47. The van der Waals surface area contributed by atoms with Gasteiger partial charge in [0.1, 0.15) is 5.75 Å². The van der Waals surface area contributed by atoms with Gasteiger partial charge in [0.05, 0.1) is 6.61 Å². The second-order valence-corrected chi connectivity index (χ2v) is 5.45. The van der Waals surface area contributed by atoms with Gasteiger partial charge in [0.15, 0.2) is 0 Å². The van der Waals surface area contributed by atoms with Gasteiger partial charge in [-0.3, -0.25) is 0 Å². The second kappa shape index (κ2) is 11.8. The third-order valence-corrected chi connectivity index (χ3v) is 3.51. The Morgan fingerprint density at radius 1 is 0.889 bits per heavy atom. The zero-order valence-electron chi connectivity index (χ0n) is 11.0. The first-order chi connectivity index (χ1) is 8.93. The summed E-state index contributed by atoms with van der Waals surface area (Å²) >= 11 is 2.45. The molecule has 1 N–H and O–H groups in total. The molecule has 0 radical (unpaired) electrons. The van der Waals surface area contributed by atoms with Crippen LogP contribution in [0.2, 0.25) is 0 Å². The van der Waals surface area contributed by atoms with Crippen molar-refractivity contribution in [1.29, 1.82) is 0 Å². The largest absolute Gasteiger partial charge is 0.494 e. The fourth-order valence-electron chi connectivity index (χ4n) is 1.73. The highest BCUT2D eigenvalue weighted by Crippen LogP contribution is 2.08. The van der Waals surface area contributed by atoms with E-state index in [0.29, 0.717) is 0 Å². The van der Waals surface area contributed by atoms with Crippen molar-refractivity contribution in [3.8, 4) is 5.75 Å². The van der Waals surface area contributed by atoms with Gasteiger partial charge in [-0.05, 0) is 48.9 Å². The highest BCUT2D eigenvalue weighted by Gasteiger charge is 1.92. The van der Waals surface area contributed by atoms with Gasteiger partial charge in [0, 0.05) is 0 Å². The van der Waals surface area contributed by atoms with Gasteiger partial charge in [0.25, 0.3) is 0 Å². The highest BCUT2D eigenvalue weighted by molar-refractivity contribution is 14.1. The molecule has 1 rings (SSSR count). The van der Waals surface area contributed by atoms with E-state index in [2.05, 4.69) is 27.9 Å². The summed E-state index contributed by atoms with van der Waals surface area (Å²) in [5, 5.41) is 3.47. The van der Waals surface area contributed by atoms with Crippen molar-refractivity contribution in [2.45, 2.75) is 32.1 Å². The normalized spacial score (nSPS) is 10.5. The van der Waals surface area contributed by atoms with Crippen LogP contribution in [0.4, 0.5) is 0 Å². The van der Waals surface area contributed by atoms with Crippen LogP contribution in [-0.2, 0) is 0 Å². The zero-order chi connectivity index (χ0) is 12.9. The Morgan fingerprint density at radius 2 is 1.61 bits per heavy atom. The van der Waals surface area contributed by atoms with Gasteiger partial charge in [-0.1, -0.05) is 53.6 Å². The standard InChI is InChI=1S/C15H24INO/c16-11-6-1-2-7-12-17-13-8-14-18-15-9-4-3-5-10-15/h3-5,9-10,17H,1-2,6-8,11-14H2. The number of alkyl halides is 1. The van der Waals surface area contributed by atoms with Gasteiger partial charge < -0.3 is 10.1 Å². The van der Waals surface area contributed by atoms with E-state index >= 15 is 0 Å². The first-order valence-electron chi connectivity index (χ1n) is 6.88. The molecule has 0 spiro atoms. The number of ether oxygens (including phenoxy) is 1. The SMILES string of the molecule is ICCCCCCNCCCOc1ccccc1. The molecule has 0 saturated heterocycles. The maximum absolute atomic E-state index is 5.62. The quantitative estimate of drug-likeness (QED) is 0.365. The molecule has 2 nitrogen and oxygen atoms in total. The number of hydrogen-bond acceptors (Lipinski definition) is 2.